The van der Waals surface area contributed by atoms with Gasteiger partial charge in [-0.25, -0.2) is 4.98 Å². The maximum absolute atomic E-state index is 12.0. The lowest BCUT2D eigenvalue weighted by Gasteiger charge is -2.12. The average Bonchev–Trinajstić information content (AvgIpc) is 2.56. The highest BCUT2D eigenvalue weighted by atomic mass is 16.1. The Balaban J connectivity index is 1.82. The summed E-state index contributed by atoms with van der Waals surface area (Å²) in [5.41, 5.74) is 2.60. The Morgan fingerprint density at radius 1 is 1.18 bits per heavy atom. The number of anilines is 1. The summed E-state index contributed by atoms with van der Waals surface area (Å²) >= 11 is 0. The summed E-state index contributed by atoms with van der Waals surface area (Å²) in [4.78, 5) is 16.2. The minimum Gasteiger partial charge on any atom is -0.381 e. The largest absolute Gasteiger partial charge is 0.381 e. The first kappa shape index (κ1) is 16.0. The van der Waals surface area contributed by atoms with Crippen LogP contribution in [0.4, 0.5) is 5.69 Å². The molecule has 0 radical (unpaired) electrons. The Bertz CT molecular complexity index is 581. The van der Waals surface area contributed by atoms with Crippen LogP contribution in [0.2, 0.25) is 0 Å². The number of rotatable bonds is 7. The number of amides is 1. The van der Waals surface area contributed by atoms with E-state index < -0.39 is 0 Å². The Hall–Kier alpha value is -2.36. The second-order valence-electron chi connectivity index (χ2n) is 5.38. The van der Waals surface area contributed by atoms with Crippen molar-refractivity contribution >= 4 is 11.6 Å². The fourth-order valence-corrected chi connectivity index (χ4v) is 2.06. The van der Waals surface area contributed by atoms with Crippen LogP contribution in [0.3, 0.4) is 0 Å². The molecule has 22 heavy (non-hydrogen) atoms. The van der Waals surface area contributed by atoms with Crippen molar-refractivity contribution in [3.05, 3.63) is 59.9 Å². The summed E-state index contributed by atoms with van der Waals surface area (Å²) in [6.45, 7) is 4.85. The molecular weight excluding hydrogens is 274 g/mol. The Kier molecular flexibility index (Phi) is 5.95. The molecule has 4 heteroatoms. The molecule has 0 fully saturated rings. The number of aromatic nitrogens is 1. The zero-order valence-corrected chi connectivity index (χ0v) is 13.2. The van der Waals surface area contributed by atoms with Crippen molar-refractivity contribution < 1.29 is 4.79 Å². The maximum atomic E-state index is 12.0. The molecule has 116 valence electrons. The van der Waals surface area contributed by atoms with Crippen molar-refractivity contribution in [3.63, 3.8) is 0 Å². The predicted octanol–water partition coefficient (Wildman–Crippen LogP) is 3.26. The van der Waals surface area contributed by atoms with Crippen LogP contribution in [-0.4, -0.2) is 23.5 Å². The van der Waals surface area contributed by atoms with Crippen LogP contribution in [0, 0.1) is 0 Å². The molecule has 0 aliphatic rings. The van der Waals surface area contributed by atoms with Gasteiger partial charge in [0, 0.05) is 12.6 Å². The molecule has 2 aromatic rings. The molecule has 4 nitrogen and oxygen atoms in total. The highest BCUT2D eigenvalue weighted by Gasteiger charge is 2.07. The topological polar surface area (TPSA) is 54.0 Å². The van der Waals surface area contributed by atoms with Gasteiger partial charge in [-0.05, 0) is 37.5 Å². The monoisotopic (exact) mass is 297 g/mol. The molecule has 0 saturated carbocycles. The van der Waals surface area contributed by atoms with Gasteiger partial charge in [0.05, 0.1) is 11.9 Å². The highest BCUT2D eigenvalue weighted by molar-refractivity contribution is 5.92. The van der Waals surface area contributed by atoms with E-state index >= 15 is 0 Å². The number of carbonyl (C=O) groups is 1. The van der Waals surface area contributed by atoms with Crippen molar-refractivity contribution in [3.8, 4) is 0 Å². The molecule has 1 amide bonds. The molecule has 1 aromatic heterocycles. The second-order valence-corrected chi connectivity index (χ2v) is 5.38. The summed E-state index contributed by atoms with van der Waals surface area (Å²) in [5, 5.41) is 6.23. The quantitative estimate of drug-likeness (QED) is 0.824. The Labute approximate surface area is 132 Å². The van der Waals surface area contributed by atoms with E-state index in [0.717, 1.165) is 18.5 Å². The zero-order chi connectivity index (χ0) is 15.8. The van der Waals surface area contributed by atoms with Crippen LogP contribution >= 0.6 is 0 Å². The fraction of sp³-hybridized carbons (Fsp3) is 0.333. The third-order valence-corrected chi connectivity index (χ3v) is 3.56. The van der Waals surface area contributed by atoms with Crippen molar-refractivity contribution in [1.29, 1.82) is 0 Å². The van der Waals surface area contributed by atoms with Crippen LogP contribution in [0.1, 0.15) is 36.3 Å². The van der Waals surface area contributed by atoms with Gasteiger partial charge in [0.25, 0.3) is 5.91 Å². The van der Waals surface area contributed by atoms with E-state index in [9.17, 15) is 4.79 Å². The van der Waals surface area contributed by atoms with Crippen LogP contribution in [-0.2, 0) is 6.42 Å². The number of nitrogens with one attached hydrogen (secondary N) is 2. The number of hydrogen-bond acceptors (Lipinski definition) is 3. The van der Waals surface area contributed by atoms with Gasteiger partial charge in [-0.15, -0.1) is 0 Å². The van der Waals surface area contributed by atoms with Gasteiger partial charge in [0.2, 0.25) is 0 Å². The minimum atomic E-state index is -0.133. The molecule has 2 rings (SSSR count). The Morgan fingerprint density at radius 3 is 2.59 bits per heavy atom. The third kappa shape index (κ3) is 4.88. The van der Waals surface area contributed by atoms with Crippen molar-refractivity contribution in [2.24, 2.45) is 0 Å². The van der Waals surface area contributed by atoms with Gasteiger partial charge in [0.15, 0.2) is 0 Å². The van der Waals surface area contributed by atoms with E-state index in [1.165, 1.54) is 5.56 Å². The van der Waals surface area contributed by atoms with Crippen molar-refractivity contribution in [2.75, 3.05) is 11.9 Å². The lowest BCUT2D eigenvalue weighted by molar-refractivity contribution is 0.0949. The van der Waals surface area contributed by atoms with Crippen LogP contribution in [0.5, 0.6) is 0 Å². The standard InChI is InChI=1S/C18H23N3O/c1-3-14(2)21-16-9-10-17(20-13-16)18(22)19-12-11-15-7-5-4-6-8-15/h4-10,13-14,21H,3,11-12H2,1-2H3,(H,19,22). The Morgan fingerprint density at radius 2 is 1.95 bits per heavy atom. The molecule has 0 saturated heterocycles. The average molecular weight is 297 g/mol. The van der Waals surface area contributed by atoms with E-state index in [0.29, 0.717) is 18.3 Å². The molecule has 1 atom stereocenters. The fourth-order valence-electron chi connectivity index (χ4n) is 2.06. The van der Waals surface area contributed by atoms with E-state index in [1.54, 1.807) is 12.3 Å². The summed E-state index contributed by atoms with van der Waals surface area (Å²) in [6, 6.07) is 14.1. The first-order valence-electron chi connectivity index (χ1n) is 7.73. The first-order valence-corrected chi connectivity index (χ1v) is 7.73. The molecule has 1 aromatic carbocycles. The lowest BCUT2D eigenvalue weighted by Crippen LogP contribution is -2.26. The number of nitrogens with zero attached hydrogens (tertiary/aromatic N) is 1. The maximum Gasteiger partial charge on any atom is 0.269 e. The molecule has 1 unspecified atom stereocenters. The van der Waals surface area contributed by atoms with Crippen LogP contribution < -0.4 is 10.6 Å². The molecule has 0 bridgehead atoms. The number of benzene rings is 1. The summed E-state index contributed by atoms with van der Waals surface area (Å²) in [5.74, 6) is -0.133. The first-order chi connectivity index (χ1) is 10.7. The van der Waals surface area contributed by atoms with Gasteiger partial charge >= 0.3 is 0 Å². The van der Waals surface area contributed by atoms with Gasteiger partial charge in [-0.3, -0.25) is 4.79 Å². The van der Waals surface area contributed by atoms with Gasteiger partial charge in [-0.1, -0.05) is 37.3 Å². The molecular formula is C18H23N3O. The third-order valence-electron chi connectivity index (χ3n) is 3.56. The lowest BCUT2D eigenvalue weighted by atomic mass is 10.1. The van der Waals surface area contributed by atoms with Crippen molar-refractivity contribution in [2.45, 2.75) is 32.7 Å². The number of carbonyl (C=O) groups excluding carboxylic acids is 1. The predicted molar refractivity (Wildman–Crippen MR) is 90.1 cm³/mol. The van der Waals surface area contributed by atoms with Gasteiger partial charge < -0.3 is 10.6 Å². The normalized spacial score (nSPS) is 11.7. The second kappa shape index (κ2) is 8.17. The number of pyridine rings is 1. The molecule has 1 heterocycles. The zero-order valence-electron chi connectivity index (χ0n) is 13.2. The SMILES string of the molecule is CCC(C)Nc1ccc(C(=O)NCCc2ccccc2)nc1. The van der Waals surface area contributed by atoms with Crippen LogP contribution in [0.15, 0.2) is 48.7 Å². The molecule has 0 aliphatic heterocycles. The van der Waals surface area contributed by atoms with Gasteiger partial charge in [0.1, 0.15) is 5.69 Å². The van der Waals surface area contributed by atoms with Crippen molar-refractivity contribution in [1.82, 2.24) is 10.3 Å². The summed E-state index contributed by atoms with van der Waals surface area (Å²) in [7, 11) is 0. The molecule has 2 N–H and O–H groups in total. The van der Waals surface area contributed by atoms with E-state index in [4.69, 9.17) is 0 Å². The summed E-state index contributed by atoms with van der Waals surface area (Å²) in [6.07, 6.45) is 3.57. The minimum absolute atomic E-state index is 0.133. The van der Waals surface area contributed by atoms with Crippen LogP contribution in [0.25, 0.3) is 0 Å². The smallest absolute Gasteiger partial charge is 0.269 e. The molecule has 0 spiro atoms. The van der Waals surface area contributed by atoms with E-state index in [2.05, 4.69) is 41.6 Å². The summed E-state index contributed by atoms with van der Waals surface area (Å²) < 4.78 is 0. The van der Waals surface area contributed by atoms with E-state index in [-0.39, 0.29) is 5.91 Å². The van der Waals surface area contributed by atoms with Gasteiger partial charge in [-0.2, -0.15) is 0 Å². The number of hydrogen-bond donors (Lipinski definition) is 2. The van der Waals surface area contributed by atoms with E-state index in [1.807, 2.05) is 24.3 Å². The highest BCUT2D eigenvalue weighted by Crippen LogP contribution is 2.09. The molecule has 0 aliphatic carbocycles.